The topological polar surface area (TPSA) is 77.0 Å². The number of anilines is 2. The van der Waals surface area contributed by atoms with Gasteiger partial charge in [-0.05, 0) is 42.3 Å². The maximum absolute atomic E-state index is 13.2. The van der Waals surface area contributed by atoms with Gasteiger partial charge in [-0.2, -0.15) is 0 Å². The molecular formula is C24H26N4O4. The van der Waals surface area contributed by atoms with Gasteiger partial charge in [0.05, 0.1) is 32.4 Å². The van der Waals surface area contributed by atoms with Crippen LogP contribution < -0.4 is 24.0 Å². The van der Waals surface area contributed by atoms with Crippen LogP contribution in [0.3, 0.4) is 0 Å². The lowest BCUT2D eigenvalue weighted by atomic mass is 10.1. The molecule has 32 heavy (non-hydrogen) atoms. The molecule has 0 spiro atoms. The van der Waals surface area contributed by atoms with Crippen LogP contribution in [0.4, 0.5) is 11.6 Å². The van der Waals surface area contributed by atoms with E-state index in [1.54, 1.807) is 44.4 Å². The van der Waals surface area contributed by atoms with E-state index >= 15 is 0 Å². The Morgan fingerprint density at radius 2 is 1.56 bits per heavy atom. The number of carbonyl (C=O) groups is 1. The molecule has 0 unspecified atom stereocenters. The van der Waals surface area contributed by atoms with Crippen molar-refractivity contribution in [2.45, 2.75) is 6.42 Å². The van der Waals surface area contributed by atoms with Crippen LogP contribution in [0.5, 0.6) is 17.2 Å². The second kappa shape index (κ2) is 9.13. The Bertz CT molecular complexity index is 1150. The predicted octanol–water partition coefficient (Wildman–Crippen LogP) is 3.54. The highest BCUT2D eigenvalue weighted by molar-refractivity contribution is 6.05. The summed E-state index contributed by atoms with van der Waals surface area (Å²) >= 11 is 0. The van der Waals surface area contributed by atoms with Crippen LogP contribution in [0.2, 0.25) is 0 Å². The molecule has 2 aromatic carbocycles. The molecule has 0 aliphatic carbocycles. The van der Waals surface area contributed by atoms with Crippen molar-refractivity contribution in [1.82, 2.24) is 9.97 Å². The van der Waals surface area contributed by atoms with Crippen molar-refractivity contribution >= 4 is 34.7 Å². The number of hydrogen-bond donors (Lipinski definition) is 0. The fourth-order valence-electron chi connectivity index (χ4n) is 3.77. The fraction of sp³-hybridized carbons (Fsp3) is 0.292. The standard InChI is InChI=1S/C24H26N4O4/c1-27-12-7-13-28(24-23(27)25-17-8-5-6-9-18(17)26-24)21(29)11-10-16-14-19(30-2)22(32-4)20(15-16)31-3/h5-6,8-11,14-15H,7,12-13H2,1-4H3/b11-10+. The zero-order chi connectivity index (χ0) is 22.7. The predicted molar refractivity (Wildman–Crippen MR) is 125 cm³/mol. The molecule has 0 bridgehead atoms. The normalized spacial score (nSPS) is 13.8. The van der Waals surface area contributed by atoms with E-state index in [1.165, 1.54) is 6.08 Å². The fourth-order valence-corrected chi connectivity index (χ4v) is 3.77. The number of benzene rings is 2. The molecule has 8 heteroatoms. The van der Waals surface area contributed by atoms with E-state index in [0.717, 1.165) is 29.6 Å². The molecular weight excluding hydrogens is 408 g/mol. The van der Waals surface area contributed by atoms with Crippen LogP contribution in [0.15, 0.2) is 42.5 Å². The molecule has 0 atom stereocenters. The van der Waals surface area contributed by atoms with Gasteiger partial charge in [0.15, 0.2) is 23.1 Å². The lowest BCUT2D eigenvalue weighted by Gasteiger charge is -2.21. The van der Waals surface area contributed by atoms with Crippen molar-refractivity contribution < 1.29 is 19.0 Å². The molecule has 8 nitrogen and oxygen atoms in total. The minimum Gasteiger partial charge on any atom is -0.493 e. The summed E-state index contributed by atoms with van der Waals surface area (Å²) in [5.74, 6) is 2.67. The molecule has 166 valence electrons. The number of para-hydroxylation sites is 2. The quantitative estimate of drug-likeness (QED) is 0.569. The third-order valence-corrected chi connectivity index (χ3v) is 5.40. The van der Waals surface area contributed by atoms with Crippen LogP contribution in [0.25, 0.3) is 17.1 Å². The van der Waals surface area contributed by atoms with Gasteiger partial charge in [-0.1, -0.05) is 12.1 Å². The maximum Gasteiger partial charge on any atom is 0.252 e. The number of aromatic nitrogens is 2. The van der Waals surface area contributed by atoms with Crippen LogP contribution in [-0.4, -0.2) is 57.3 Å². The van der Waals surface area contributed by atoms with Gasteiger partial charge in [0.1, 0.15) is 0 Å². The van der Waals surface area contributed by atoms with Gasteiger partial charge in [-0.25, -0.2) is 9.97 Å². The number of rotatable bonds is 5. The number of methoxy groups -OCH3 is 3. The molecule has 0 N–H and O–H groups in total. The summed E-state index contributed by atoms with van der Waals surface area (Å²) in [5, 5.41) is 0. The summed E-state index contributed by atoms with van der Waals surface area (Å²) in [5.41, 5.74) is 2.32. The number of hydrogen-bond acceptors (Lipinski definition) is 7. The van der Waals surface area contributed by atoms with E-state index < -0.39 is 0 Å². The van der Waals surface area contributed by atoms with E-state index in [-0.39, 0.29) is 5.91 Å². The van der Waals surface area contributed by atoms with Gasteiger partial charge in [-0.15, -0.1) is 0 Å². The second-order valence-corrected chi connectivity index (χ2v) is 7.42. The summed E-state index contributed by atoms with van der Waals surface area (Å²) in [7, 11) is 6.65. The minimum atomic E-state index is -0.167. The van der Waals surface area contributed by atoms with E-state index in [0.29, 0.717) is 35.4 Å². The lowest BCUT2D eigenvalue weighted by Crippen LogP contribution is -2.30. The number of nitrogens with zero attached hydrogens (tertiary/aromatic N) is 4. The number of carbonyl (C=O) groups excluding carboxylic acids is 1. The van der Waals surface area contributed by atoms with Gasteiger partial charge in [0.2, 0.25) is 5.75 Å². The molecule has 0 saturated heterocycles. The Morgan fingerprint density at radius 1 is 0.938 bits per heavy atom. The summed E-state index contributed by atoms with van der Waals surface area (Å²) in [6.45, 7) is 1.35. The molecule has 2 heterocycles. The first kappa shape index (κ1) is 21.4. The molecule has 0 radical (unpaired) electrons. The molecule has 3 aromatic rings. The van der Waals surface area contributed by atoms with Crippen LogP contribution in [0, 0.1) is 0 Å². The SMILES string of the molecule is COc1cc(/C=C/C(=O)N2CCCN(C)c3nc4ccccc4nc32)cc(OC)c1OC. The Hall–Kier alpha value is -3.81. The third-order valence-electron chi connectivity index (χ3n) is 5.40. The van der Waals surface area contributed by atoms with Crippen molar-refractivity contribution in [3.63, 3.8) is 0 Å². The average Bonchev–Trinajstić information content (AvgIpc) is 2.98. The lowest BCUT2D eigenvalue weighted by molar-refractivity contribution is -0.114. The zero-order valence-electron chi connectivity index (χ0n) is 18.7. The average molecular weight is 434 g/mol. The molecule has 1 aliphatic rings. The van der Waals surface area contributed by atoms with Gasteiger partial charge in [0, 0.05) is 26.2 Å². The van der Waals surface area contributed by atoms with Crippen molar-refractivity contribution in [1.29, 1.82) is 0 Å². The van der Waals surface area contributed by atoms with Gasteiger partial charge in [-0.3, -0.25) is 9.69 Å². The van der Waals surface area contributed by atoms with Crippen molar-refractivity contribution in [3.8, 4) is 17.2 Å². The Morgan fingerprint density at radius 3 is 2.16 bits per heavy atom. The number of fused-ring (bicyclic) bond motifs is 2. The van der Waals surface area contributed by atoms with Crippen LogP contribution in [0.1, 0.15) is 12.0 Å². The summed E-state index contributed by atoms with van der Waals surface area (Å²) < 4.78 is 16.2. The van der Waals surface area contributed by atoms with Crippen molar-refractivity contribution in [2.75, 3.05) is 51.3 Å². The smallest absolute Gasteiger partial charge is 0.252 e. The highest BCUT2D eigenvalue weighted by atomic mass is 16.5. The van der Waals surface area contributed by atoms with Crippen molar-refractivity contribution in [2.24, 2.45) is 0 Å². The molecule has 4 rings (SSSR count). The summed E-state index contributed by atoms with van der Waals surface area (Å²) in [6, 6.07) is 11.3. The summed E-state index contributed by atoms with van der Waals surface area (Å²) in [6.07, 6.45) is 4.08. The maximum atomic E-state index is 13.2. The second-order valence-electron chi connectivity index (χ2n) is 7.42. The molecule has 1 amide bonds. The Labute approximate surface area is 187 Å². The number of ether oxygens (including phenoxy) is 3. The Kier molecular flexibility index (Phi) is 6.11. The van der Waals surface area contributed by atoms with Gasteiger partial charge >= 0.3 is 0 Å². The minimum absolute atomic E-state index is 0.167. The Balaban J connectivity index is 1.69. The highest BCUT2D eigenvalue weighted by Crippen LogP contribution is 2.38. The molecule has 0 saturated carbocycles. The first-order chi connectivity index (χ1) is 15.5. The van der Waals surface area contributed by atoms with Crippen LogP contribution in [-0.2, 0) is 4.79 Å². The monoisotopic (exact) mass is 434 g/mol. The first-order valence-corrected chi connectivity index (χ1v) is 10.3. The van der Waals surface area contributed by atoms with E-state index in [1.807, 2.05) is 36.2 Å². The zero-order valence-corrected chi connectivity index (χ0v) is 18.7. The van der Waals surface area contributed by atoms with Gasteiger partial charge in [0.25, 0.3) is 5.91 Å². The molecule has 1 aliphatic heterocycles. The van der Waals surface area contributed by atoms with Crippen molar-refractivity contribution in [3.05, 3.63) is 48.0 Å². The van der Waals surface area contributed by atoms with E-state index in [2.05, 4.69) is 0 Å². The highest BCUT2D eigenvalue weighted by Gasteiger charge is 2.25. The van der Waals surface area contributed by atoms with Crippen LogP contribution >= 0.6 is 0 Å². The largest absolute Gasteiger partial charge is 0.493 e. The van der Waals surface area contributed by atoms with E-state index in [9.17, 15) is 4.79 Å². The summed E-state index contributed by atoms with van der Waals surface area (Å²) in [4.78, 5) is 26.5. The van der Waals surface area contributed by atoms with E-state index in [4.69, 9.17) is 24.2 Å². The molecule has 1 aromatic heterocycles. The number of amides is 1. The first-order valence-electron chi connectivity index (χ1n) is 10.3. The third kappa shape index (κ3) is 4.03. The van der Waals surface area contributed by atoms with Gasteiger partial charge < -0.3 is 19.1 Å². The molecule has 0 fully saturated rings.